The highest BCUT2D eigenvalue weighted by Gasteiger charge is 2.31. The number of rotatable bonds is 4. The van der Waals surface area contributed by atoms with Gasteiger partial charge in [0.2, 0.25) is 11.5 Å². The first-order valence-corrected chi connectivity index (χ1v) is 11.4. The Labute approximate surface area is 202 Å². The molecule has 4 rings (SSSR count). The molecule has 0 radical (unpaired) electrons. The zero-order valence-corrected chi connectivity index (χ0v) is 20.8. The van der Waals surface area contributed by atoms with Crippen molar-refractivity contribution in [2.45, 2.75) is 57.8 Å². The number of carbonyl (C=O) groups is 2. The minimum Gasteiger partial charge on any atom is -0.501 e. The first-order valence-electron chi connectivity index (χ1n) is 11.4. The third kappa shape index (κ3) is 5.69. The lowest BCUT2D eigenvalue weighted by molar-refractivity contribution is 0.0579. The van der Waals surface area contributed by atoms with E-state index in [0.29, 0.717) is 11.6 Å². The molecule has 2 aliphatic carbocycles. The molecule has 35 heavy (non-hydrogen) atoms. The number of hydrogen-bond donors (Lipinski definition) is 2. The van der Waals surface area contributed by atoms with E-state index < -0.39 is 34.6 Å². The van der Waals surface area contributed by atoms with E-state index in [-0.39, 0.29) is 23.2 Å². The number of aromatic nitrogens is 4. The fraction of sp³-hybridized carbons (Fsp3) is 0.565. The van der Waals surface area contributed by atoms with E-state index in [0.717, 1.165) is 32.1 Å². The zero-order chi connectivity index (χ0) is 26.4. The van der Waals surface area contributed by atoms with Crippen molar-refractivity contribution in [2.75, 3.05) is 14.2 Å². The molecule has 2 fully saturated rings. The molecule has 2 N–H and O–H groups in total. The molecule has 2 heterocycles. The summed E-state index contributed by atoms with van der Waals surface area (Å²) in [5.41, 5.74) is -1.82. The van der Waals surface area contributed by atoms with Crippen LogP contribution in [-0.2, 0) is 23.6 Å². The predicted octanol–water partition coefficient (Wildman–Crippen LogP) is 1.72. The molecule has 0 unspecified atom stereocenters. The number of methoxy groups -OCH3 is 2. The Morgan fingerprint density at radius 2 is 1.11 bits per heavy atom. The van der Waals surface area contributed by atoms with Crippen LogP contribution in [0.25, 0.3) is 0 Å². The molecule has 0 bridgehead atoms. The number of hydrogen-bond acceptors (Lipinski definition) is 10. The van der Waals surface area contributed by atoms with Gasteiger partial charge in [-0.3, -0.25) is 18.7 Å². The van der Waals surface area contributed by atoms with Gasteiger partial charge in [0.15, 0.2) is 11.4 Å². The summed E-state index contributed by atoms with van der Waals surface area (Å²) in [6.45, 7) is 4.00. The van der Waals surface area contributed by atoms with Gasteiger partial charge in [-0.2, -0.15) is 0 Å². The third-order valence-electron chi connectivity index (χ3n) is 5.77. The fourth-order valence-corrected chi connectivity index (χ4v) is 3.43. The molecule has 0 atom stereocenters. The van der Waals surface area contributed by atoms with Gasteiger partial charge in [0.25, 0.3) is 11.1 Å². The molecule has 0 aliphatic heterocycles. The molecular formula is C23H32N4O8. The van der Waals surface area contributed by atoms with Gasteiger partial charge >= 0.3 is 11.9 Å². The summed E-state index contributed by atoms with van der Waals surface area (Å²) in [5.74, 6) is -1.42. The lowest BCUT2D eigenvalue weighted by Crippen LogP contribution is -2.29. The van der Waals surface area contributed by atoms with Crippen LogP contribution in [0.3, 0.4) is 0 Å². The first kappa shape index (κ1) is 27.5. The summed E-state index contributed by atoms with van der Waals surface area (Å²) < 4.78 is 11.5. The predicted molar refractivity (Wildman–Crippen MR) is 125 cm³/mol. The smallest absolute Gasteiger partial charge is 0.360 e. The van der Waals surface area contributed by atoms with E-state index >= 15 is 0 Å². The zero-order valence-electron chi connectivity index (χ0n) is 20.8. The summed E-state index contributed by atoms with van der Waals surface area (Å²) >= 11 is 0. The van der Waals surface area contributed by atoms with Crippen molar-refractivity contribution >= 4 is 11.9 Å². The van der Waals surface area contributed by atoms with Crippen LogP contribution in [-0.4, -0.2) is 55.5 Å². The van der Waals surface area contributed by atoms with Crippen molar-refractivity contribution in [1.29, 1.82) is 0 Å². The van der Waals surface area contributed by atoms with Crippen molar-refractivity contribution in [3.8, 4) is 11.5 Å². The molecule has 12 heteroatoms. The molecule has 2 aromatic rings. The Hall–Kier alpha value is -3.70. The second-order valence-electron chi connectivity index (χ2n) is 7.95. The highest BCUT2D eigenvalue weighted by atomic mass is 16.5. The van der Waals surface area contributed by atoms with E-state index in [2.05, 4.69) is 19.4 Å². The van der Waals surface area contributed by atoms with Gasteiger partial charge in [0.1, 0.15) is 11.6 Å². The number of carbonyl (C=O) groups excluding carboxylic acids is 2. The Balaban J connectivity index is 0.000000231. The van der Waals surface area contributed by atoms with E-state index in [1.807, 2.05) is 13.8 Å². The molecule has 0 amide bonds. The Morgan fingerprint density at radius 3 is 1.37 bits per heavy atom. The summed E-state index contributed by atoms with van der Waals surface area (Å²) in [7, 11) is 5.44. The van der Waals surface area contributed by atoms with E-state index in [4.69, 9.17) is 0 Å². The Morgan fingerprint density at radius 1 is 0.771 bits per heavy atom. The normalized spacial score (nSPS) is 14.5. The summed E-state index contributed by atoms with van der Waals surface area (Å²) in [5, 5.41) is 19.1. The molecular weight excluding hydrogens is 460 g/mol. The monoisotopic (exact) mass is 492 g/mol. The standard InChI is InChI=1S/C11H14N2O4.C10H12N2O4.C2H6/c1-13-9(6-4-3-5-6)12-7(11(16)17-2)8(14)10(13)15;1-12-8(5-3-4-5)11-6(10(15)16-2)7(13)9(12)14;1-2/h6,14H,3-5H2,1-2H3;5,13H,3-4H2,1-2H3;1-2H3. The van der Waals surface area contributed by atoms with Crippen LogP contribution in [0.15, 0.2) is 9.59 Å². The molecule has 0 spiro atoms. The second kappa shape index (κ2) is 11.6. The van der Waals surface area contributed by atoms with Crippen LogP contribution in [0.5, 0.6) is 11.5 Å². The van der Waals surface area contributed by atoms with Crippen molar-refractivity contribution in [3.63, 3.8) is 0 Å². The minimum atomic E-state index is -0.794. The molecule has 12 nitrogen and oxygen atoms in total. The van der Waals surface area contributed by atoms with Crippen LogP contribution in [0.1, 0.15) is 90.4 Å². The molecule has 0 aromatic carbocycles. The largest absolute Gasteiger partial charge is 0.501 e. The Bertz CT molecular complexity index is 1210. The first-order chi connectivity index (χ1) is 16.6. The van der Waals surface area contributed by atoms with Gasteiger partial charge in [-0.15, -0.1) is 0 Å². The molecule has 192 valence electrons. The van der Waals surface area contributed by atoms with Gasteiger partial charge in [-0.25, -0.2) is 19.6 Å². The SMILES string of the molecule is CC.COC(=O)c1nc(C2CC2)n(C)c(=O)c1O.COC(=O)c1nc(C2CCC2)n(C)c(=O)c1O. The lowest BCUT2D eigenvalue weighted by atomic mass is 9.84. The summed E-state index contributed by atoms with van der Waals surface area (Å²) in [4.78, 5) is 54.1. The lowest BCUT2D eigenvalue weighted by Gasteiger charge is -2.26. The van der Waals surface area contributed by atoms with Crippen LogP contribution in [0, 0.1) is 0 Å². The molecule has 2 saturated carbocycles. The summed E-state index contributed by atoms with van der Waals surface area (Å²) in [6.07, 6.45) is 4.89. The highest BCUT2D eigenvalue weighted by molar-refractivity contribution is 5.90. The Kier molecular flexibility index (Phi) is 9.15. The third-order valence-corrected chi connectivity index (χ3v) is 5.77. The van der Waals surface area contributed by atoms with Gasteiger partial charge in [0, 0.05) is 25.9 Å². The number of aromatic hydroxyl groups is 2. The average Bonchev–Trinajstić information content (AvgIpc) is 3.68. The van der Waals surface area contributed by atoms with Gasteiger partial charge in [-0.1, -0.05) is 20.3 Å². The van der Waals surface area contributed by atoms with Crippen LogP contribution in [0.2, 0.25) is 0 Å². The topological polar surface area (TPSA) is 163 Å². The van der Waals surface area contributed by atoms with Crippen molar-refractivity contribution < 1.29 is 29.3 Å². The van der Waals surface area contributed by atoms with Crippen LogP contribution in [0.4, 0.5) is 0 Å². The molecule has 0 saturated heterocycles. The maximum Gasteiger partial charge on any atom is 0.360 e. The number of esters is 2. The maximum absolute atomic E-state index is 11.7. The minimum absolute atomic E-state index is 0.191. The number of ether oxygens (including phenoxy) is 2. The van der Waals surface area contributed by atoms with Gasteiger partial charge in [-0.05, 0) is 25.7 Å². The van der Waals surface area contributed by atoms with E-state index in [1.165, 1.54) is 30.4 Å². The van der Waals surface area contributed by atoms with E-state index in [1.54, 1.807) is 7.05 Å². The van der Waals surface area contributed by atoms with Gasteiger partial charge < -0.3 is 19.7 Å². The fourth-order valence-electron chi connectivity index (χ4n) is 3.43. The molecule has 2 aliphatic rings. The van der Waals surface area contributed by atoms with Crippen molar-refractivity contribution in [1.82, 2.24) is 19.1 Å². The van der Waals surface area contributed by atoms with Crippen LogP contribution < -0.4 is 11.1 Å². The van der Waals surface area contributed by atoms with Crippen molar-refractivity contribution in [2.24, 2.45) is 14.1 Å². The quantitative estimate of drug-likeness (QED) is 0.601. The summed E-state index contributed by atoms with van der Waals surface area (Å²) in [6, 6.07) is 0. The number of nitrogens with zero attached hydrogens (tertiary/aromatic N) is 4. The van der Waals surface area contributed by atoms with Crippen LogP contribution >= 0.6 is 0 Å². The second-order valence-corrected chi connectivity index (χ2v) is 7.95. The average molecular weight is 493 g/mol. The van der Waals surface area contributed by atoms with Crippen molar-refractivity contribution in [3.05, 3.63) is 43.7 Å². The van der Waals surface area contributed by atoms with Gasteiger partial charge in [0.05, 0.1) is 14.2 Å². The maximum atomic E-state index is 11.7. The molecule has 2 aromatic heterocycles. The van der Waals surface area contributed by atoms with E-state index in [9.17, 15) is 29.4 Å². The highest BCUT2D eigenvalue weighted by Crippen LogP contribution is 2.38.